The van der Waals surface area contributed by atoms with Gasteiger partial charge in [-0.3, -0.25) is 9.59 Å². The maximum atomic E-state index is 11.4. The summed E-state index contributed by atoms with van der Waals surface area (Å²) in [5, 5.41) is 10.7. The molecule has 0 aliphatic heterocycles. The quantitative estimate of drug-likeness (QED) is 0.836. The summed E-state index contributed by atoms with van der Waals surface area (Å²) in [6, 6.07) is 5.55. The average Bonchev–Trinajstić information content (AvgIpc) is 2.34. The van der Waals surface area contributed by atoms with Crippen LogP contribution in [0.4, 0.5) is 0 Å². The number of amides is 1. The van der Waals surface area contributed by atoms with E-state index in [0.717, 1.165) is 10.0 Å². The molecule has 6 heteroatoms. The predicted octanol–water partition coefficient (Wildman–Crippen LogP) is 1.59. The van der Waals surface area contributed by atoms with Crippen LogP contribution in [0.1, 0.15) is 12.0 Å². The van der Waals surface area contributed by atoms with E-state index in [4.69, 9.17) is 9.84 Å². The Labute approximate surface area is 113 Å². The van der Waals surface area contributed by atoms with Gasteiger partial charge in [0.1, 0.15) is 12.3 Å². The van der Waals surface area contributed by atoms with Crippen LogP contribution in [0.5, 0.6) is 5.75 Å². The number of aliphatic carboxylic acids is 1. The van der Waals surface area contributed by atoms with Gasteiger partial charge in [-0.1, -0.05) is 15.9 Å². The molecule has 0 bridgehead atoms. The largest absolute Gasteiger partial charge is 0.496 e. The summed E-state index contributed by atoms with van der Waals surface area (Å²) >= 11 is 3.35. The monoisotopic (exact) mass is 315 g/mol. The lowest BCUT2D eigenvalue weighted by Crippen LogP contribution is -2.29. The van der Waals surface area contributed by atoms with Crippen LogP contribution >= 0.6 is 15.9 Å². The van der Waals surface area contributed by atoms with E-state index in [1.54, 1.807) is 7.11 Å². The van der Waals surface area contributed by atoms with Crippen molar-refractivity contribution in [2.24, 2.45) is 0 Å². The lowest BCUT2D eigenvalue weighted by molar-refractivity contribution is -0.137. The Balaban J connectivity index is 2.54. The van der Waals surface area contributed by atoms with E-state index in [2.05, 4.69) is 21.2 Å². The smallest absolute Gasteiger partial charge is 0.322 e. The highest BCUT2D eigenvalue weighted by Gasteiger charge is 2.08. The summed E-state index contributed by atoms with van der Waals surface area (Å²) in [5.74, 6) is -0.632. The molecule has 1 rings (SSSR count). The van der Waals surface area contributed by atoms with Crippen LogP contribution in [0.25, 0.3) is 0 Å². The normalized spacial score (nSPS) is 9.89. The van der Waals surface area contributed by atoms with Gasteiger partial charge in [0.15, 0.2) is 0 Å². The van der Waals surface area contributed by atoms with Crippen molar-refractivity contribution in [1.82, 2.24) is 5.32 Å². The number of carbonyl (C=O) groups excluding carboxylic acids is 1. The lowest BCUT2D eigenvalue weighted by atomic mass is 10.1. The highest BCUT2D eigenvalue weighted by atomic mass is 79.9. The van der Waals surface area contributed by atoms with E-state index in [1.165, 1.54) is 0 Å². The fourth-order valence-electron chi connectivity index (χ4n) is 1.45. The second-order valence-electron chi connectivity index (χ2n) is 3.63. The second kappa shape index (κ2) is 7.00. The molecule has 0 aromatic heterocycles. The molecule has 0 atom stereocenters. The Bertz CT molecular complexity index is 448. The molecule has 0 fully saturated rings. The standard InChI is InChI=1S/C12H14BrNO4/c1-18-10-4-3-9(13)6-8(10)2-5-11(15)14-7-12(16)17/h3-4,6H,2,5,7H2,1H3,(H,14,15)(H,16,17). The average molecular weight is 316 g/mol. The van der Waals surface area contributed by atoms with Gasteiger partial charge in [0, 0.05) is 10.9 Å². The Kier molecular flexibility index (Phi) is 5.64. The number of carbonyl (C=O) groups is 2. The molecule has 0 saturated carbocycles. The Morgan fingerprint density at radius 1 is 1.44 bits per heavy atom. The number of benzene rings is 1. The van der Waals surface area contributed by atoms with Crippen LogP contribution < -0.4 is 10.1 Å². The van der Waals surface area contributed by atoms with Crippen molar-refractivity contribution in [2.45, 2.75) is 12.8 Å². The van der Waals surface area contributed by atoms with E-state index >= 15 is 0 Å². The van der Waals surface area contributed by atoms with Gasteiger partial charge in [-0.15, -0.1) is 0 Å². The highest BCUT2D eigenvalue weighted by molar-refractivity contribution is 9.10. The van der Waals surface area contributed by atoms with Crippen LogP contribution in [0.2, 0.25) is 0 Å². The molecule has 0 unspecified atom stereocenters. The van der Waals surface area contributed by atoms with E-state index in [1.807, 2.05) is 18.2 Å². The number of halogens is 1. The van der Waals surface area contributed by atoms with E-state index in [0.29, 0.717) is 12.2 Å². The third-order valence-corrected chi connectivity index (χ3v) is 2.79. The number of carboxylic acids is 1. The summed E-state index contributed by atoms with van der Waals surface area (Å²) < 4.78 is 6.09. The van der Waals surface area contributed by atoms with Gasteiger partial charge in [-0.2, -0.15) is 0 Å². The number of aryl methyl sites for hydroxylation is 1. The summed E-state index contributed by atoms with van der Waals surface area (Å²) in [7, 11) is 1.57. The molecule has 98 valence electrons. The molecule has 1 aromatic rings. The molecule has 5 nitrogen and oxygen atoms in total. The van der Waals surface area contributed by atoms with Crippen molar-refractivity contribution >= 4 is 27.8 Å². The molecule has 1 amide bonds. The van der Waals surface area contributed by atoms with E-state index in [9.17, 15) is 9.59 Å². The van der Waals surface area contributed by atoms with Crippen molar-refractivity contribution in [2.75, 3.05) is 13.7 Å². The molecule has 0 spiro atoms. The van der Waals surface area contributed by atoms with E-state index in [-0.39, 0.29) is 18.9 Å². The fourth-order valence-corrected chi connectivity index (χ4v) is 1.86. The minimum Gasteiger partial charge on any atom is -0.496 e. The minimum atomic E-state index is -1.05. The topological polar surface area (TPSA) is 75.6 Å². The third-order valence-electron chi connectivity index (χ3n) is 2.30. The first-order chi connectivity index (χ1) is 8.52. The number of nitrogens with one attached hydrogen (secondary N) is 1. The lowest BCUT2D eigenvalue weighted by Gasteiger charge is -2.08. The van der Waals surface area contributed by atoms with Gasteiger partial charge < -0.3 is 15.2 Å². The van der Waals surface area contributed by atoms with Crippen molar-refractivity contribution in [3.63, 3.8) is 0 Å². The number of carboxylic acid groups (broad SMARTS) is 1. The van der Waals surface area contributed by atoms with E-state index < -0.39 is 5.97 Å². The molecule has 1 aromatic carbocycles. The number of rotatable bonds is 6. The van der Waals surface area contributed by atoms with Crippen LogP contribution in [0.15, 0.2) is 22.7 Å². The zero-order valence-corrected chi connectivity index (χ0v) is 11.5. The molecular formula is C12H14BrNO4. The summed E-state index contributed by atoms with van der Waals surface area (Å²) in [6.45, 7) is -0.353. The highest BCUT2D eigenvalue weighted by Crippen LogP contribution is 2.23. The first kappa shape index (κ1) is 14.5. The maximum absolute atomic E-state index is 11.4. The van der Waals surface area contributed by atoms with Gasteiger partial charge in [0.05, 0.1) is 7.11 Å². The van der Waals surface area contributed by atoms with Crippen molar-refractivity contribution < 1.29 is 19.4 Å². The predicted molar refractivity (Wildman–Crippen MR) is 69.7 cm³/mol. The molecule has 0 heterocycles. The van der Waals surface area contributed by atoms with Crippen LogP contribution in [-0.4, -0.2) is 30.6 Å². The first-order valence-electron chi connectivity index (χ1n) is 5.34. The van der Waals surface area contributed by atoms with Gasteiger partial charge in [0.2, 0.25) is 5.91 Å². The van der Waals surface area contributed by atoms with Crippen molar-refractivity contribution in [3.05, 3.63) is 28.2 Å². The molecule has 2 N–H and O–H groups in total. The maximum Gasteiger partial charge on any atom is 0.322 e. The molecular weight excluding hydrogens is 302 g/mol. The van der Waals surface area contributed by atoms with Crippen molar-refractivity contribution in [3.8, 4) is 5.75 Å². The SMILES string of the molecule is COc1ccc(Br)cc1CCC(=O)NCC(=O)O. The van der Waals surface area contributed by atoms with Crippen LogP contribution in [0, 0.1) is 0 Å². The summed E-state index contributed by atoms with van der Waals surface area (Å²) in [6.07, 6.45) is 0.716. The number of hydrogen-bond acceptors (Lipinski definition) is 3. The summed E-state index contributed by atoms with van der Waals surface area (Å²) in [4.78, 5) is 21.7. The third kappa shape index (κ3) is 4.75. The van der Waals surface area contributed by atoms with Crippen LogP contribution in [0.3, 0.4) is 0 Å². The Hall–Kier alpha value is -1.56. The van der Waals surface area contributed by atoms with Gasteiger partial charge in [-0.05, 0) is 30.2 Å². The summed E-state index contributed by atoms with van der Waals surface area (Å²) in [5.41, 5.74) is 0.900. The fraction of sp³-hybridized carbons (Fsp3) is 0.333. The van der Waals surface area contributed by atoms with Crippen molar-refractivity contribution in [1.29, 1.82) is 0 Å². The minimum absolute atomic E-state index is 0.222. The molecule has 18 heavy (non-hydrogen) atoms. The molecule has 0 saturated heterocycles. The zero-order valence-electron chi connectivity index (χ0n) is 9.90. The number of hydrogen-bond donors (Lipinski definition) is 2. The number of ether oxygens (including phenoxy) is 1. The Morgan fingerprint density at radius 3 is 2.78 bits per heavy atom. The molecule has 0 aliphatic rings. The van der Waals surface area contributed by atoms with Gasteiger partial charge in [-0.25, -0.2) is 0 Å². The first-order valence-corrected chi connectivity index (χ1v) is 6.13. The van der Waals surface area contributed by atoms with Gasteiger partial charge >= 0.3 is 5.97 Å². The van der Waals surface area contributed by atoms with Crippen LogP contribution in [-0.2, 0) is 16.0 Å². The molecule has 0 aliphatic carbocycles. The zero-order chi connectivity index (χ0) is 13.5. The Morgan fingerprint density at radius 2 is 2.17 bits per heavy atom. The second-order valence-corrected chi connectivity index (χ2v) is 4.54. The number of methoxy groups -OCH3 is 1. The molecule has 0 radical (unpaired) electrons. The van der Waals surface area contributed by atoms with Gasteiger partial charge in [0.25, 0.3) is 0 Å².